The van der Waals surface area contributed by atoms with Gasteiger partial charge in [0.2, 0.25) is 0 Å². The lowest BCUT2D eigenvalue weighted by molar-refractivity contribution is 0.0690. The Labute approximate surface area is 116 Å². The molecule has 4 nitrogen and oxygen atoms in total. The minimum atomic E-state index is 0.0327. The number of likely N-dealkylation sites (N-methyl/N-ethyl adjacent to an activating group) is 1. The summed E-state index contributed by atoms with van der Waals surface area (Å²) in [6, 6.07) is 3.86. The Balaban J connectivity index is 2.14. The molecule has 2 rings (SSSR count). The number of carbonyl (C=O) groups is 1. The lowest BCUT2D eigenvalue weighted by atomic mass is 10.2. The van der Waals surface area contributed by atoms with Crippen LogP contribution in [0.5, 0.6) is 0 Å². The second kappa shape index (κ2) is 5.80. The van der Waals surface area contributed by atoms with E-state index in [1.54, 1.807) is 12.3 Å². The maximum absolute atomic E-state index is 12.4. The van der Waals surface area contributed by atoms with Crippen LogP contribution in [-0.2, 0) is 0 Å². The van der Waals surface area contributed by atoms with E-state index in [0.717, 1.165) is 30.5 Å². The van der Waals surface area contributed by atoms with E-state index >= 15 is 0 Å². The highest BCUT2D eigenvalue weighted by Gasteiger charge is 2.25. The molecule has 98 valence electrons. The van der Waals surface area contributed by atoms with Crippen molar-refractivity contribution >= 4 is 21.8 Å². The molecule has 0 N–H and O–H groups in total. The zero-order valence-corrected chi connectivity index (χ0v) is 12.4. The van der Waals surface area contributed by atoms with Gasteiger partial charge in [0.15, 0.2) is 0 Å². The summed E-state index contributed by atoms with van der Waals surface area (Å²) >= 11 is 3.33. The second-order valence-electron chi connectivity index (χ2n) is 4.83. The van der Waals surface area contributed by atoms with Crippen LogP contribution in [0.1, 0.15) is 23.8 Å². The molecule has 0 radical (unpaired) electrons. The van der Waals surface area contributed by atoms with Crippen LogP contribution in [0.3, 0.4) is 0 Å². The maximum atomic E-state index is 12.4. The van der Waals surface area contributed by atoms with Crippen LogP contribution in [0.4, 0.5) is 0 Å². The summed E-state index contributed by atoms with van der Waals surface area (Å²) in [6.07, 6.45) is 2.69. The molecule has 1 amide bonds. The van der Waals surface area contributed by atoms with Crippen molar-refractivity contribution in [2.24, 2.45) is 0 Å². The molecule has 1 aromatic heterocycles. The first-order valence-electron chi connectivity index (χ1n) is 6.19. The number of pyridine rings is 1. The van der Waals surface area contributed by atoms with Gasteiger partial charge in [0, 0.05) is 29.8 Å². The summed E-state index contributed by atoms with van der Waals surface area (Å²) in [5.41, 5.74) is 0.523. The highest BCUT2D eigenvalue weighted by Crippen LogP contribution is 2.14. The van der Waals surface area contributed by atoms with Crippen LogP contribution < -0.4 is 0 Å². The maximum Gasteiger partial charge on any atom is 0.272 e. The van der Waals surface area contributed by atoms with E-state index in [-0.39, 0.29) is 11.9 Å². The van der Waals surface area contributed by atoms with Crippen LogP contribution in [0.15, 0.2) is 22.8 Å². The Morgan fingerprint density at radius 1 is 1.44 bits per heavy atom. The molecule has 2 heterocycles. The van der Waals surface area contributed by atoms with Crippen molar-refractivity contribution in [3.8, 4) is 0 Å². The van der Waals surface area contributed by atoms with Gasteiger partial charge < -0.3 is 9.80 Å². The Bertz CT molecular complexity index is 421. The van der Waals surface area contributed by atoms with E-state index in [1.165, 1.54) is 0 Å². The van der Waals surface area contributed by atoms with Crippen molar-refractivity contribution in [2.45, 2.75) is 19.4 Å². The fourth-order valence-corrected chi connectivity index (χ4v) is 2.56. The normalized spacial score (nSPS) is 21.7. The molecular formula is C13H18BrN3O. The van der Waals surface area contributed by atoms with Crippen LogP contribution in [0.2, 0.25) is 0 Å². The van der Waals surface area contributed by atoms with Crippen LogP contribution in [0.25, 0.3) is 0 Å². The average molecular weight is 312 g/mol. The third-order valence-electron chi connectivity index (χ3n) is 3.25. The third-order valence-corrected chi connectivity index (χ3v) is 3.72. The minimum Gasteiger partial charge on any atom is -0.333 e. The van der Waals surface area contributed by atoms with Gasteiger partial charge in [-0.3, -0.25) is 4.79 Å². The molecule has 1 aliphatic heterocycles. The summed E-state index contributed by atoms with van der Waals surface area (Å²) in [5.74, 6) is 0.0327. The molecule has 18 heavy (non-hydrogen) atoms. The number of hydrogen-bond donors (Lipinski definition) is 0. The summed E-state index contributed by atoms with van der Waals surface area (Å²) < 4.78 is 0.891. The van der Waals surface area contributed by atoms with Gasteiger partial charge in [-0.2, -0.15) is 0 Å². The van der Waals surface area contributed by atoms with E-state index in [2.05, 4.69) is 39.8 Å². The molecule has 0 aliphatic carbocycles. The van der Waals surface area contributed by atoms with Crippen molar-refractivity contribution in [1.29, 1.82) is 0 Å². The lowest BCUT2D eigenvalue weighted by Crippen LogP contribution is -2.42. The highest BCUT2D eigenvalue weighted by molar-refractivity contribution is 9.10. The fraction of sp³-hybridized carbons (Fsp3) is 0.538. The zero-order chi connectivity index (χ0) is 13.1. The van der Waals surface area contributed by atoms with Crippen LogP contribution in [0, 0.1) is 0 Å². The van der Waals surface area contributed by atoms with E-state index in [9.17, 15) is 4.79 Å². The van der Waals surface area contributed by atoms with E-state index in [4.69, 9.17) is 0 Å². The molecular weight excluding hydrogens is 294 g/mol. The van der Waals surface area contributed by atoms with Gasteiger partial charge in [-0.05, 0) is 55.0 Å². The van der Waals surface area contributed by atoms with Crippen molar-refractivity contribution in [2.75, 3.05) is 26.7 Å². The molecule has 0 spiro atoms. The predicted molar refractivity (Wildman–Crippen MR) is 74.5 cm³/mol. The number of aromatic nitrogens is 1. The molecule has 0 bridgehead atoms. The van der Waals surface area contributed by atoms with E-state index in [1.807, 2.05) is 11.0 Å². The van der Waals surface area contributed by atoms with Gasteiger partial charge in [-0.1, -0.05) is 0 Å². The number of halogens is 1. The van der Waals surface area contributed by atoms with Crippen molar-refractivity contribution in [3.05, 3.63) is 28.5 Å². The third kappa shape index (κ3) is 3.09. The molecule has 1 unspecified atom stereocenters. The van der Waals surface area contributed by atoms with Crippen LogP contribution in [-0.4, -0.2) is 53.4 Å². The topological polar surface area (TPSA) is 36.4 Å². The van der Waals surface area contributed by atoms with Gasteiger partial charge in [0.25, 0.3) is 5.91 Å². The number of carbonyl (C=O) groups excluding carboxylic acids is 1. The minimum absolute atomic E-state index is 0.0327. The summed E-state index contributed by atoms with van der Waals surface area (Å²) in [4.78, 5) is 20.8. The fourth-order valence-electron chi connectivity index (χ4n) is 2.32. The first-order valence-corrected chi connectivity index (χ1v) is 6.98. The van der Waals surface area contributed by atoms with Gasteiger partial charge in [-0.15, -0.1) is 0 Å². The Morgan fingerprint density at radius 2 is 2.22 bits per heavy atom. The number of amides is 1. The van der Waals surface area contributed by atoms with Gasteiger partial charge in [0.1, 0.15) is 5.69 Å². The smallest absolute Gasteiger partial charge is 0.272 e. The Kier molecular flexibility index (Phi) is 4.35. The largest absolute Gasteiger partial charge is 0.333 e. The van der Waals surface area contributed by atoms with Crippen molar-refractivity contribution < 1.29 is 4.79 Å². The van der Waals surface area contributed by atoms with Crippen molar-refractivity contribution in [1.82, 2.24) is 14.8 Å². The molecule has 1 aromatic rings. The van der Waals surface area contributed by atoms with Crippen molar-refractivity contribution in [3.63, 3.8) is 0 Å². The Morgan fingerprint density at radius 3 is 2.89 bits per heavy atom. The molecule has 5 heteroatoms. The molecule has 1 fully saturated rings. The van der Waals surface area contributed by atoms with Gasteiger partial charge in [0.05, 0.1) is 0 Å². The second-order valence-corrected chi connectivity index (χ2v) is 5.74. The summed E-state index contributed by atoms with van der Waals surface area (Å²) in [6.45, 7) is 4.87. The van der Waals surface area contributed by atoms with Crippen LogP contribution >= 0.6 is 15.9 Å². The number of hydrogen-bond acceptors (Lipinski definition) is 3. The Hall–Kier alpha value is -0.940. The van der Waals surface area contributed by atoms with Gasteiger partial charge in [-0.25, -0.2) is 4.98 Å². The highest BCUT2D eigenvalue weighted by atomic mass is 79.9. The summed E-state index contributed by atoms with van der Waals surface area (Å²) in [7, 11) is 2.10. The molecule has 1 atom stereocenters. The monoisotopic (exact) mass is 311 g/mol. The number of nitrogens with zero attached hydrogens (tertiary/aromatic N) is 3. The molecule has 0 saturated carbocycles. The lowest BCUT2D eigenvalue weighted by Gasteiger charge is -2.27. The predicted octanol–water partition coefficient (Wildman–Crippen LogP) is 2.01. The first-order chi connectivity index (χ1) is 8.58. The quantitative estimate of drug-likeness (QED) is 0.796. The van der Waals surface area contributed by atoms with E-state index < -0.39 is 0 Å². The average Bonchev–Trinajstić information content (AvgIpc) is 2.50. The SMILES string of the molecule is CC1CN(C)CCCN1C(=O)c1ccc(Br)cn1. The first kappa shape index (κ1) is 13.5. The number of rotatable bonds is 1. The zero-order valence-electron chi connectivity index (χ0n) is 10.8. The van der Waals surface area contributed by atoms with Gasteiger partial charge >= 0.3 is 0 Å². The summed E-state index contributed by atoms with van der Waals surface area (Å²) in [5, 5.41) is 0. The van der Waals surface area contributed by atoms with E-state index in [0.29, 0.717) is 5.69 Å². The standard InChI is InChI=1S/C13H18BrN3O/c1-10-9-16(2)6-3-7-17(10)13(18)12-5-4-11(14)8-15-12/h4-5,8,10H,3,6-7,9H2,1-2H3. The molecule has 1 aliphatic rings. The molecule has 0 aromatic carbocycles. The molecule has 1 saturated heterocycles.